The molecule has 8 heteroatoms. The van der Waals surface area contributed by atoms with Crippen LogP contribution in [0.4, 0.5) is 0 Å². The van der Waals surface area contributed by atoms with Crippen LogP contribution < -0.4 is 10.1 Å². The van der Waals surface area contributed by atoms with Crippen molar-refractivity contribution in [2.75, 3.05) is 20.2 Å². The molecule has 3 heterocycles. The smallest absolute Gasteiger partial charge is 0.272 e. The Labute approximate surface area is 220 Å². The molecule has 0 radical (unpaired) electrons. The van der Waals surface area contributed by atoms with E-state index in [1.165, 1.54) is 22.5 Å². The van der Waals surface area contributed by atoms with Gasteiger partial charge in [-0.15, -0.1) is 11.3 Å². The Kier molecular flexibility index (Phi) is 7.19. The van der Waals surface area contributed by atoms with Gasteiger partial charge in [0.25, 0.3) is 11.8 Å². The van der Waals surface area contributed by atoms with Gasteiger partial charge in [0.05, 0.1) is 17.6 Å². The number of piperidine rings is 1. The van der Waals surface area contributed by atoms with E-state index >= 15 is 0 Å². The number of hydrogen-bond acceptors (Lipinski definition) is 6. The maximum absolute atomic E-state index is 13.2. The molecule has 0 atom stereocenters. The van der Waals surface area contributed by atoms with Gasteiger partial charge in [-0.3, -0.25) is 9.59 Å². The quantitative estimate of drug-likeness (QED) is 0.379. The molecule has 7 nitrogen and oxygen atoms in total. The minimum Gasteiger partial charge on any atom is -0.496 e. The average Bonchev–Trinajstić information content (AvgIpc) is 3.41. The number of nitrogens with one attached hydrogen (secondary N) is 1. The monoisotopic (exact) mass is 514 g/mol. The highest BCUT2D eigenvalue weighted by atomic mass is 32.1. The minimum atomic E-state index is -0.161. The number of carbonyl (C=O) groups excluding carboxylic acids is 2. The lowest BCUT2D eigenvalue weighted by atomic mass is 9.97. The summed E-state index contributed by atoms with van der Waals surface area (Å²) in [5.74, 6) is 0.628. The van der Waals surface area contributed by atoms with Gasteiger partial charge in [0.15, 0.2) is 0 Å². The van der Waals surface area contributed by atoms with E-state index in [-0.39, 0.29) is 17.7 Å². The molecule has 1 aliphatic heterocycles. The molecule has 5 rings (SSSR count). The van der Waals surface area contributed by atoms with Crippen LogP contribution in [0, 0.1) is 13.8 Å². The Morgan fingerprint density at radius 2 is 1.76 bits per heavy atom. The van der Waals surface area contributed by atoms with Crippen molar-refractivity contribution in [3.8, 4) is 5.75 Å². The number of nitrogens with zero attached hydrogens (tertiary/aromatic N) is 3. The van der Waals surface area contributed by atoms with Crippen LogP contribution in [0.15, 0.2) is 53.9 Å². The summed E-state index contributed by atoms with van der Waals surface area (Å²) in [5, 5.41) is 6.65. The number of aromatic nitrogens is 2. The summed E-state index contributed by atoms with van der Waals surface area (Å²) in [6, 6.07) is 15.7. The van der Waals surface area contributed by atoms with E-state index in [0.29, 0.717) is 36.8 Å². The standard InChI is InChI=1S/C29H30N4O3S/c1-18-12-19(2)14-20(13-18)16-30-27(34)25-17-37-28(32-25)21-8-10-33(11-9-21)29(35)24-15-26(36-3)22-6-4-5-7-23(22)31-24/h4-7,12-15,17,21H,8-11,16H2,1-3H3,(H,30,34). The van der Waals surface area contributed by atoms with Crippen molar-refractivity contribution in [1.82, 2.24) is 20.2 Å². The first kappa shape index (κ1) is 24.9. The molecule has 2 aromatic heterocycles. The van der Waals surface area contributed by atoms with Crippen LogP contribution in [0.3, 0.4) is 0 Å². The first-order chi connectivity index (χ1) is 17.9. The van der Waals surface area contributed by atoms with Crippen molar-refractivity contribution in [3.05, 3.63) is 87.0 Å². The molecule has 190 valence electrons. The second-order valence-corrected chi connectivity index (χ2v) is 10.4. The zero-order valence-electron chi connectivity index (χ0n) is 21.3. The number of para-hydroxylation sites is 1. The Balaban J connectivity index is 1.19. The predicted octanol–water partition coefficient (Wildman–Crippen LogP) is 5.27. The van der Waals surface area contributed by atoms with Crippen LogP contribution in [0.2, 0.25) is 0 Å². The molecule has 1 aliphatic rings. The van der Waals surface area contributed by atoms with E-state index < -0.39 is 0 Å². The third-order valence-corrected chi connectivity index (χ3v) is 7.75. The lowest BCUT2D eigenvalue weighted by molar-refractivity contribution is 0.0707. The van der Waals surface area contributed by atoms with Crippen molar-refractivity contribution in [2.24, 2.45) is 0 Å². The molecule has 0 saturated carbocycles. The van der Waals surface area contributed by atoms with Crippen LogP contribution in [0.5, 0.6) is 5.75 Å². The summed E-state index contributed by atoms with van der Waals surface area (Å²) in [6.07, 6.45) is 1.60. The molecule has 0 spiro atoms. The number of ether oxygens (including phenoxy) is 1. The van der Waals surface area contributed by atoms with Crippen LogP contribution in [-0.4, -0.2) is 46.9 Å². The molecule has 2 aromatic carbocycles. The number of likely N-dealkylation sites (tertiary alicyclic amines) is 1. The first-order valence-corrected chi connectivity index (χ1v) is 13.3. The van der Waals surface area contributed by atoms with Gasteiger partial charge in [-0.25, -0.2) is 9.97 Å². The first-order valence-electron chi connectivity index (χ1n) is 12.4. The van der Waals surface area contributed by atoms with Crippen LogP contribution in [0.25, 0.3) is 10.9 Å². The summed E-state index contributed by atoms with van der Waals surface area (Å²) in [5.41, 5.74) is 5.03. The predicted molar refractivity (Wildman–Crippen MR) is 145 cm³/mol. The Morgan fingerprint density at radius 1 is 1.03 bits per heavy atom. The van der Waals surface area contributed by atoms with Crippen molar-refractivity contribution >= 4 is 34.1 Å². The lowest BCUT2D eigenvalue weighted by Crippen LogP contribution is -2.38. The molecule has 1 N–H and O–H groups in total. The van der Waals surface area contributed by atoms with Crippen LogP contribution in [0.1, 0.15) is 61.4 Å². The summed E-state index contributed by atoms with van der Waals surface area (Å²) in [6.45, 7) is 5.82. The zero-order chi connectivity index (χ0) is 25.9. The molecule has 1 fully saturated rings. The number of pyridine rings is 1. The fourth-order valence-electron chi connectivity index (χ4n) is 4.94. The molecule has 4 aromatic rings. The van der Waals surface area contributed by atoms with Gasteiger partial charge < -0.3 is 15.0 Å². The third-order valence-electron chi connectivity index (χ3n) is 6.74. The van der Waals surface area contributed by atoms with Gasteiger partial charge in [-0.1, -0.05) is 41.5 Å². The summed E-state index contributed by atoms with van der Waals surface area (Å²) < 4.78 is 5.50. The zero-order valence-corrected chi connectivity index (χ0v) is 22.1. The highest BCUT2D eigenvalue weighted by Crippen LogP contribution is 2.32. The molecule has 0 unspecified atom stereocenters. The summed E-state index contributed by atoms with van der Waals surface area (Å²) >= 11 is 1.52. The topological polar surface area (TPSA) is 84.4 Å². The van der Waals surface area contributed by atoms with E-state index in [1.807, 2.05) is 34.5 Å². The Morgan fingerprint density at radius 3 is 2.49 bits per heavy atom. The van der Waals surface area contributed by atoms with Gasteiger partial charge in [0.2, 0.25) is 0 Å². The molecule has 0 bridgehead atoms. The van der Waals surface area contributed by atoms with E-state index in [4.69, 9.17) is 4.74 Å². The normalized spacial score (nSPS) is 14.1. The van der Waals surface area contributed by atoms with Gasteiger partial charge in [-0.2, -0.15) is 0 Å². The lowest BCUT2D eigenvalue weighted by Gasteiger charge is -2.31. The molecular formula is C29H30N4O3S. The highest BCUT2D eigenvalue weighted by Gasteiger charge is 2.28. The summed E-state index contributed by atoms with van der Waals surface area (Å²) in [4.78, 5) is 37.0. The number of thiazole rings is 1. The number of methoxy groups -OCH3 is 1. The molecular weight excluding hydrogens is 484 g/mol. The average molecular weight is 515 g/mol. The van der Waals surface area contributed by atoms with E-state index in [2.05, 4.69) is 47.3 Å². The van der Waals surface area contributed by atoms with E-state index in [9.17, 15) is 9.59 Å². The maximum atomic E-state index is 13.2. The fourth-order valence-corrected chi connectivity index (χ4v) is 5.91. The second kappa shape index (κ2) is 10.7. The number of amides is 2. The van der Waals surface area contributed by atoms with E-state index in [0.717, 1.165) is 34.3 Å². The van der Waals surface area contributed by atoms with E-state index in [1.54, 1.807) is 13.2 Å². The second-order valence-electron chi connectivity index (χ2n) is 9.54. The number of benzene rings is 2. The fraction of sp³-hybridized carbons (Fsp3) is 0.310. The van der Waals surface area contributed by atoms with Crippen molar-refractivity contribution in [3.63, 3.8) is 0 Å². The Hall–Kier alpha value is -3.78. The number of carbonyl (C=O) groups is 2. The summed E-state index contributed by atoms with van der Waals surface area (Å²) in [7, 11) is 1.60. The molecule has 1 saturated heterocycles. The van der Waals surface area contributed by atoms with Crippen molar-refractivity contribution in [2.45, 2.75) is 39.2 Å². The van der Waals surface area contributed by atoms with Crippen molar-refractivity contribution < 1.29 is 14.3 Å². The molecule has 37 heavy (non-hydrogen) atoms. The minimum absolute atomic E-state index is 0.0897. The third kappa shape index (κ3) is 5.49. The molecule has 2 amide bonds. The highest BCUT2D eigenvalue weighted by molar-refractivity contribution is 7.09. The number of hydrogen-bond donors (Lipinski definition) is 1. The SMILES string of the molecule is COc1cc(C(=O)N2CCC(c3nc(C(=O)NCc4cc(C)cc(C)c4)cs3)CC2)nc2ccccc12. The van der Waals surface area contributed by atoms with Gasteiger partial charge >= 0.3 is 0 Å². The molecule has 0 aliphatic carbocycles. The van der Waals surface area contributed by atoms with Crippen LogP contribution in [-0.2, 0) is 6.54 Å². The number of rotatable bonds is 6. The van der Waals surface area contributed by atoms with Gasteiger partial charge in [0, 0.05) is 42.4 Å². The van der Waals surface area contributed by atoms with Gasteiger partial charge in [0.1, 0.15) is 17.1 Å². The number of fused-ring (bicyclic) bond motifs is 1. The van der Waals surface area contributed by atoms with Crippen LogP contribution >= 0.6 is 11.3 Å². The maximum Gasteiger partial charge on any atom is 0.272 e. The van der Waals surface area contributed by atoms with Gasteiger partial charge in [-0.05, 0) is 44.4 Å². The Bertz CT molecular complexity index is 1440. The largest absolute Gasteiger partial charge is 0.496 e. The number of aryl methyl sites for hydroxylation is 2. The van der Waals surface area contributed by atoms with Crippen molar-refractivity contribution in [1.29, 1.82) is 0 Å².